The molecule has 0 saturated carbocycles. The molecule has 1 unspecified atom stereocenters. The minimum atomic E-state index is -0.343. The van der Waals surface area contributed by atoms with Gasteiger partial charge in [0.25, 0.3) is 0 Å². The van der Waals surface area contributed by atoms with Crippen molar-refractivity contribution < 1.29 is 9.53 Å². The molecule has 2 aromatic rings. The molecular weight excluding hydrogens is 318 g/mol. The number of hydrogen-bond donors (Lipinski definition) is 0. The molecule has 1 aromatic heterocycles. The molecule has 25 heavy (non-hydrogen) atoms. The molecule has 1 saturated heterocycles. The number of rotatable bonds is 6. The first-order valence-electron chi connectivity index (χ1n) is 8.48. The lowest BCUT2D eigenvalue weighted by Gasteiger charge is -2.24. The van der Waals surface area contributed by atoms with Crippen LogP contribution in [0, 0.1) is 0 Å². The summed E-state index contributed by atoms with van der Waals surface area (Å²) in [5, 5.41) is 11.6. The van der Waals surface area contributed by atoms with Gasteiger partial charge in [0.2, 0.25) is 0 Å². The Morgan fingerprint density at radius 2 is 2.16 bits per heavy atom. The second-order valence-corrected chi connectivity index (χ2v) is 6.19. The van der Waals surface area contributed by atoms with Crippen molar-refractivity contribution in [3.8, 4) is 0 Å². The molecule has 0 spiro atoms. The van der Waals surface area contributed by atoms with Crippen LogP contribution in [0.4, 0.5) is 0 Å². The Morgan fingerprint density at radius 3 is 2.84 bits per heavy atom. The lowest BCUT2D eigenvalue weighted by Crippen LogP contribution is -2.26. The van der Waals surface area contributed by atoms with Gasteiger partial charge in [0.15, 0.2) is 5.82 Å². The summed E-state index contributed by atoms with van der Waals surface area (Å²) in [5.41, 5.74) is 2.30. The lowest BCUT2D eigenvalue weighted by molar-refractivity contribution is -0.134. The topological polar surface area (TPSA) is 73.1 Å². The molecule has 0 amide bonds. The first kappa shape index (κ1) is 17.3. The van der Waals surface area contributed by atoms with Crippen molar-refractivity contribution in [2.75, 3.05) is 20.2 Å². The van der Waals surface area contributed by atoms with Crippen LogP contribution < -0.4 is 0 Å². The van der Waals surface area contributed by atoms with Crippen LogP contribution in [0.3, 0.4) is 0 Å². The summed E-state index contributed by atoms with van der Waals surface area (Å²) in [6.45, 7) is 2.04. The molecular formula is C18H23N5O2. The second-order valence-electron chi connectivity index (χ2n) is 6.19. The number of nitrogens with zero attached hydrogens (tertiary/aromatic N) is 5. The largest absolute Gasteiger partial charge is 0.466 e. The molecule has 0 radical (unpaired) electrons. The van der Waals surface area contributed by atoms with Gasteiger partial charge >= 0.3 is 5.97 Å². The van der Waals surface area contributed by atoms with Crippen LogP contribution in [0.25, 0.3) is 6.08 Å². The number of ether oxygens (including phenoxy) is 1. The average Bonchev–Trinajstić information content (AvgIpc) is 3.27. The predicted molar refractivity (Wildman–Crippen MR) is 93.5 cm³/mol. The maximum absolute atomic E-state index is 11.2. The summed E-state index contributed by atoms with van der Waals surface area (Å²) in [5.74, 6) is 0.568. The predicted octanol–water partition coefficient (Wildman–Crippen LogP) is 1.78. The maximum Gasteiger partial charge on any atom is 0.330 e. The van der Waals surface area contributed by atoms with E-state index in [9.17, 15) is 4.79 Å². The monoisotopic (exact) mass is 341 g/mol. The fourth-order valence-corrected chi connectivity index (χ4v) is 3.24. The Balaban J connectivity index is 1.62. The Hall–Kier alpha value is -2.54. The number of esters is 1. The molecule has 1 aliphatic rings. The highest BCUT2D eigenvalue weighted by Gasteiger charge is 2.25. The smallest absolute Gasteiger partial charge is 0.330 e. The molecule has 1 aliphatic heterocycles. The van der Waals surface area contributed by atoms with E-state index in [2.05, 4.69) is 37.3 Å². The van der Waals surface area contributed by atoms with E-state index in [0.717, 1.165) is 37.3 Å². The van der Waals surface area contributed by atoms with Crippen molar-refractivity contribution in [3.05, 3.63) is 47.3 Å². The van der Waals surface area contributed by atoms with Crippen LogP contribution in [0.15, 0.2) is 30.3 Å². The zero-order chi connectivity index (χ0) is 17.6. The summed E-state index contributed by atoms with van der Waals surface area (Å²) in [7, 11) is 3.25. The highest BCUT2D eigenvalue weighted by Crippen LogP contribution is 2.32. The SMILES string of the molecule is COC(=O)C=Cc1ccc(C2CCCN2CCc2nnnn2C)cc1. The number of likely N-dealkylation sites (tertiary alicyclic amines) is 1. The van der Waals surface area contributed by atoms with Crippen molar-refractivity contribution in [1.29, 1.82) is 0 Å². The van der Waals surface area contributed by atoms with Crippen LogP contribution >= 0.6 is 0 Å². The van der Waals surface area contributed by atoms with Crippen LogP contribution in [-0.4, -0.2) is 51.3 Å². The van der Waals surface area contributed by atoms with E-state index in [0.29, 0.717) is 6.04 Å². The summed E-state index contributed by atoms with van der Waals surface area (Å²) in [4.78, 5) is 13.7. The van der Waals surface area contributed by atoms with Crippen LogP contribution in [0.1, 0.15) is 35.8 Å². The van der Waals surface area contributed by atoms with Gasteiger partial charge in [-0.3, -0.25) is 4.90 Å². The fourth-order valence-electron chi connectivity index (χ4n) is 3.24. The van der Waals surface area contributed by atoms with Gasteiger partial charge in [0.1, 0.15) is 0 Å². The number of aryl methyl sites for hydroxylation is 1. The van der Waals surface area contributed by atoms with E-state index < -0.39 is 0 Å². The van der Waals surface area contributed by atoms with Gasteiger partial charge in [-0.1, -0.05) is 24.3 Å². The van der Waals surface area contributed by atoms with Gasteiger partial charge in [-0.05, 0) is 47.0 Å². The highest BCUT2D eigenvalue weighted by atomic mass is 16.5. The molecule has 2 heterocycles. The number of carbonyl (C=O) groups excluding carboxylic acids is 1. The van der Waals surface area contributed by atoms with E-state index in [4.69, 9.17) is 0 Å². The fraction of sp³-hybridized carbons (Fsp3) is 0.444. The second kappa shape index (κ2) is 8.02. The summed E-state index contributed by atoms with van der Waals surface area (Å²) in [6, 6.07) is 8.79. The zero-order valence-electron chi connectivity index (χ0n) is 14.6. The molecule has 132 valence electrons. The highest BCUT2D eigenvalue weighted by molar-refractivity contribution is 5.86. The standard InChI is InChI=1S/C18H23N5O2/c1-22-17(19-20-21-22)11-13-23-12-3-4-16(23)15-8-5-14(6-9-15)7-10-18(24)25-2/h5-10,16H,3-4,11-13H2,1-2H3. The summed E-state index contributed by atoms with van der Waals surface area (Å²) in [6.07, 6.45) is 6.41. The number of hydrogen-bond acceptors (Lipinski definition) is 6. The van der Waals surface area contributed by atoms with Crippen molar-refractivity contribution in [2.45, 2.75) is 25.3 Å². The molecule has 1 atom stereocenters. The third-order valence-corrected chi connectivity index (χ3v) is 4.63. The normalized spacial score (nSPS) is 18.1. The average molecular weight is 341 g/mol. The Bertz CT molecular complexity index is 738. The molecule has 0 N–H and O–H groups in total. The van der Waals surface area contributed by atoms with Crippen molar-refractivity contribution in [1.82, 2.24) is 25.1 Å². The summed E-state index contributed by atoms with van der Waals surface area (Å²) >= 11 is 0. The van der Waals surface area contributed by atoms with Crippen molar-refractivity contribution >= 4 is 12.0 Å². The van der Waals surface area contributed by atoms with Gasteiger partial charge in [0.05, 0.1) is 7.11 Å². The quantitative estimate of drug-likeness (QED) is 0.589. The van der Waals surface area contributed by atoms with Crippen LogP contribution in [0.5, 0.6) is 0 Å². The van der Waals surface area contributed by atoms with E-state index >= 15 is 0 Å². The third-order valence-electron chi connectivity index (χ3n) is 4.63. The van der Waals surface area contributed by atoms with Crippen LogP contribution in [0.2, 0.25) is 0 Å². The van der Waals surface area contributed by atoms with E-state index in [1.54, 1.807) is 10.8 Å². The number of carbonyl (C=O) groups is 1. The Morgan fingerprint density at radius 1 is 1.36 bits per heavy atom. The first-order chi connectivity index (χ1) is 12.2. The first-order valence-corrected chi connectivity index (χ1v) is 8.48. The lowest BCUT2D eigenvalue weighted by atomic mass is 10.0. The molecule has 0 aliphatic carbocycles. The van der Waals surface area contributed by atoms with Gasteiger partial charge < -0.3 is 4.74 Å². The summed E-state index contributed by atoms with van der Waals surface area (Å²) < 4.78 is 6.34. The van der Waals surface area contributed by atoms with Crippen molar-refractivity contribution in [3.63, 3.8) is 0 Å². The van der Waals surface area contributed by atoms with Gasteiger partial charge in [-0.2, -0.15) is 0 Å². The molecule has 0 bridgehead atoms. The van der Waals surface area contributed by atoms with Gasteiger partial charge in [-0.25, -0.2) is 9.48 Å². The van der Waals surface area contributed by atoms with Crippen molar-refractivity contribution in [2.24, 2.45) is 7.05 Å². The van der Waals surface area contributed by atoms with E-state index in [1.807, 2.05) is 19.2 Å². The Kier molecular flexibility index (Phi) is 5.55. The van der Waals surface area contributed by atoms with Crippen LogP contribution in [-0.2, 0) is 23.0 Å². The zero-order valence-corrected chi connectivity index (χ0v) is 14.6. The molecule has 7 nitrogen and oxygen atoms in total. The van der Waals surface area contributed by atoms with Gasteiger partial charge in [-0.15, -0.1) is 5.10 Å². The number of aromatic nitrogens is 4. The molecule has 3 rings (SSSR count). The maximum atomic E-state index is 11.2. The number of tetrazole rings is 1. The van der Waals surface area contributed by atoms with E-state index in [-0.39, 0.29) is 5.97 Å². The Labute approximate surface area is 147 Å². The number of methoxy groups -OCH3 is 1. The third kappa shape index (κ3) is 4.30. The molecule has 1 fully saturated rings. The molecule has 7 heteroatoms. The molecule has 1 aromatic carbocycles. The number of benzene rings is 1. The van der Waals surface area contributed by atoms with E-state index in [1.165, 1.54) is 25.2 Å². The minimum Gasteiger partial charge on any atom is -0.466 e. The minimum absolute atomic E-state index is 0.343. The van der Waals surface area contributed by atoms with Gasteiger partial charge in [0, 0.05) is 32.1 Å².